The summed E-state index contributed by atoms with van der Waals surface area (Å²) in [5.41, 5.74) is 0.375. The number of hydrogen-bond donors (Lipinski definition) is 3. The predicted octanol–water partition coefficient (Wildman–Crippen LogP) is 2.94. The van der Waals surface area contributed by atoms with Crippen LogP contribution in [0.15, 0.2) is 24.3 Å². The fraction of sp³-hybridized carbons (Fsp3) is 0.588. The highest BCUT2D eigenvalue weighted by Gasteiger charge is 2.31. The topological polar surface area (TPSA) is 73.8 Å². The van der Waals surface area contributed by atoms with Crippen molar-refractivity contribution in [3.63, 3.8) is 0 Å². The first-order valence-electron chi connectivity index (χ1n) is 8.63. The molecule has 3 N–H and O–H groups in total. The number of urea groups is 1. The summed E-state index contributed by atoms with van der Waals surface area (Å²) < 4.78 is 40.0. The molecule has 2 rings (SSSR count). The molecule has 0 saturated carbocycles. The molecule has 9 heteroatoms. The third-order valence-corrected chi connectivity index (χ3v) is 4.21. The number of hydrogen-bond acceptors (Lipinski definition) is 4. The molecule has 1 unspecified atom stereocenters. The molecule has 1 aromatic rings. The molecule has 1 aromatic carbocycles. The zero-order valence-electron chi connectivity index (χ0n) is 14.4. The molecule has 0 aliphatic carbocycles. The molecule has 6 nitrogen and oxygen atoms in total. The van der Waals surface area contributed by atoms with Crippen molar-refractivity contribution in [2.75, 3.05) is 31.6 Å². The summed E-state index contributed by atoms with van der Waals surface area (Å²) >= 11 is 0. The zero-order valence-corrected chi connectivity index (χ0v) is 14.4. The van der Waals surface area contributed by atoms with Gasteiger partial charge in [0, 0.05) is 18.3 Å². The highest BCUT2D eigenvalue weighted by atomic mass is 19.4. The van der Waals surface area contributed by atoms with E-state index in [1.54, 1.807) is 0 Å². The number of anilines is 1. The molecular weight excluding hydrogens is 351 g/mol. The highest BCUT2D eigenvalue weighted by Crippen LogP contribution is 2.23. The van der Waals surface area contributed by atoms with E-state index < -0.39 is 12.4 Å². The smallest absolute Gasteiger partial charge is 0.406 e. The van der Waals surface area contributed by atoms with Gasteiger partial charge >= 0.3 is 12.4 Å². The Hall–Kier alpha value is -2.00. The van der Waals surface area contributed by atoms with Gasteiger partial charge in [-0.1, -0.05) is 0 Å². The second kappa shape index (κ2) is 9.63. The van der Waals surface area contributed by atoms with Crippen molar-refractivity contribution in [2.24, 2.45) is 0 Å². The van der Waals surface area contributed by atoms with Crippen LogP contribution in [0.4, 0.5) is 23.7 Å². The van der Waals surface area contributed by atoms with Crippen LogP contribution in [-0.4, -0.2) is 54.7 Å². The number of unbranched alkanes of at least 4 members (excludes halogenated alkanes) is 1. The first-order valence-corrected chi connectivity index (χ1v) is 8.63. The Balaban J connectivity index is 1.61. The number of ether oxygens (including phenoxy) is 1. The Morgan fingerprint density at radius 1 is 1.27 bits per heavy atom. The van der Waals surface area contributed by atoms with E-state index in [1.165, 1.54) is 12.1 Å². The first kappa shape index (κ1) is 20.3. The average molecular weight is 375 g/mol. The van der Waals surface area contributed by atoms with Crippen molar-refractivity contribution in [3.8, 4) is 5.75 Å². The number of amides is 2. The van der Waals surface area contributed by atoms with Gasteiger partial charge in [-0.05, 0) is 63.0 Å². The van der Waals surface area contributed by atoms with Crippen LogP contribution in [0.25, 0.3) is 0 Å². The molecule has 1 saturated heterocycles. The SMILES string of the molecule is O=C(NCCCCN1CCCC1CO)Nc1ccc(OC(F)(F)F)cc1. The maximum atomic E-state index is 12.1. The monoisotopic (exact) mass is 375 g/mol. The van der Waals surface area contributed by atoms with Gasteiger partial charge < -0.3 is 20.5 Å². The number of likely N-dealkylation sites (tertiary alicyclic amines) is 1. The lowest BCUT2D eigenvalue weighted by Crippen LogP contribution is -2.34. The van der Waals surface area contributed by atoms with Crippen molar-refractivity contribution in [1.82, 2.24) is 10.2 Å². The van der Waals surface area contributed by atoms with Crippen molar-refractivity contribution >= 4 is 11.7 Å². The van der Waals surface area contributed by atoms with Gasteiger partial charge in [-0.2, -0.15) is 0 Å². The molecule has 1 aliphatic heterocycles. The maximum absolute atomic E-state index is 12.1. The molecule has 0 spiro atoms. The largest absolute Gasteiger partial charge is 0.573 e. The summed E-state index contributed by atoms with van der Waals surface area (Å²) in [7, 11) is 0. The quantitative estimate of drug-likeness (QED) is 0.611. The Morgan fingerprint density at radius 3 is 2.65 bits per heavy atom. The molecular formula is C17H24F3N3O3. The molecule has 0 bridgehead atoms. The third-order valence-electron chi connectivity index (χ3n) is 4.21. The normalized spacial score (nSPS) is 17.9. The summed E-state index contributed by atoms with van der Waals surface area (Å²) in [5, 5.41) is 14.5. The number of alkyl halides is 3. The van der Waals surface area contributed by atoms with Gasteiger partial charge in [-0.25, -0.2) is 4.79 Å². The summed E-state index contributed by atoms with van der Waals surface area (Å²) in [4.78, 5) is 14.0. The van der Waals surface area contributed by atoms with Gasteiger partial charge in [0.25, 0.3) is 0 Å². The lowest BCUT2D eigenvalue weighted by Gasteiger charge is -2.22. The summed E-state index contributed by atoms with van der Waals surface area (Å²) in [6.07, 6.45) is -0.873. The fourth-order valence-electron chi connectivity index (χ4n) is 2.95. The number of aliphatic hydroxyl groups excluding tert-OH is 1. The summed E-state index contributed by atoms with van der Waals surface area (Å²) in [5.74, 6) is -0.341. The van der Waals surface area contributed by atoms with Gasteiger partial charge in [0.1, 0.15) is 5.75 Å². The van der Waals surface area contributed by atoms with Crippen LogP contribution in [0.5, 0.6) is 5.75 Å². The fourth-order valence-corrected chi connectivity index (χ4v) is 2.95. The standard InChI is InChI=1S/C17H24F3N3O3/c18-17(19,20)26-15-7-5-13(6-8-15)22-16(25)21-9-1-2-10-23-11-3-4-14(23)12-24/h5-8,14,24H,1-4,9-12H2,(H2,21,22,25). The number of carbonyl (C=O) groups excluding carboxylic acids is 1. The van der Waals surface area contributed by atoms with Crippen molar-refractivity contribution in [3.05, 3.63) is 24.3 Å². The molecule has 1 heterocycles. The van der Waals surface area contributed by atoms with E-state index in [0.29, 0.717) is 12.2 Å². The second-order valence-electron chi connectivity index (χ2n) is 6.17. The Kier molecular flexibility index (Phi) is 7.52. The molecule has 146 valence electrons. The summed E-state index contributed by atoms with van der Waals surface area (Å²) in [6.45, 7) is 2.59. The van der Waals surface area contributed by atoms with E-state index in [9.17, 15) is 23.1 Å². The Morgan fingerprint density at radius 2 is 2.00 bits per heavy atom. The van der Waals surface area contributed by atoms with Crippen LogP contribution in [0.2, 0.25) is 0 Å². The van der Waals surface area contributed by atoms with Gasteiger partial charge in [-0.15, -0.1) is 13.2 Å². The second-order valence-corrected chi connectivity index (χ2v) is 6.17. The van der Waals surface area contributed by atoms with Crippen LogP contribution < -0.4 is 15.4 Å². The number of benzene rings is 1. The minimum absolute atomic E-state index is 0.188. The zero-order chi connectivity index (χ0) is 19.0. The van der Waals surface area contributed by atoms with Gasteiger partial charge in [0.15, 0.2) is 0 Å². The van der Waals surface area contributed by atoms with E-state index in [2.05, 4.69) is 20.3 Å². The maximum Gasteiger partial charge on any atom is 0.573 e. The molecule has 26 heavy (non-hydrogen) atoms. The number of nitrogens with one attached hydrogen (secondary N) is 2. The Labute approximate surface area is 150 Å². The molecule has 1 aliphatic rings. The van der Waals surface area contributed by atoms with Crippen LogP contribution in [0, 0.1) is 0 Å². The van der Waals surface area contributed by atoms with E-state index in [4.69, 9.17) is 0 Å². The minimum atomic E-state index is -4.74. The lowest BCUT2D eigenvalue weighted by atomic mass is 10.2. The van der Waals surface area contributed by atoms with Crippen molar-refractivity contribution in [2.45, 2.75) is 38.1 Å². The number of aliphatic hydroxyl groups is 1. The van der Waals surface area contributed by atoms with Gasteiger partial charge in [0.2, 0.25) is 0 Å². The number of halogens is 3. The van der Waals surface area contributed by atoms with Gasteiger partial charge in [-0.3, -0.25) is 4.90 Å². The van der Waals surface area contributed by atoms with E-state index in [-0.39, 0.29) is 18.4 Å². The molecule has 0 radical (unpaired) electrons. The van der Waals surface area contributed by atoms with E-state index in [0.717, 1.165) is 50.9 Å². The molecule has 1 atom stereocenters. The summed E-state index contributed by atoms with van der Waals surface area (Å²) in [6, 6.07) is 4.79. The van der Waals surface area contributed by atoms with Crippen LogP contribution in [0.1, 0.15) is 25.7 Å². The number of nitrogens with zero attached hydrogens (tertiary/aromatic N) is 1. The van der Waals surface area contributed by atoms with E-state index >= 15 is 0 Å². The Bertz CT molecular complexity index is 567. The minimum Gasteiger partial charge on any atom is -0.406 e. The van der Waals surface area contributed by atoms with Crippen LogP contribution in [0.3, 0.4) is 0 Å². The first-order chi connectivity index (χ1) is 12.4. The number of rotatable bonds is 8. The van der Waals surface area contributed by atoms with Crippen molar-refractivity contribution in [1.29, 1.82) is 0 Å². The van der Waals surface area contributed by atoms with Crippen LogP contribution >= 0.6 is 0 Å². The predicted molar refractivity (Wildman–Crippen MR) is 91.1 cm³/mol. The average Bonchev–Trinajstić information content (AvgIpc) is 3.02. The molecule has 2 amide bonds. The molecule has 0 aromatic heterocycles. The van der Waals surface area contributed by atoms with Crippen molar-refractivity contribution < 1.29 is 27.8 Å². The van der Waals surface area contributed by atoms with E-state index in [1.807, 2.05) is 0 Å². The van der Waals surface area contributed by atoms with Crippen LogP contribution in [-0.2, 0) is 0 Å². The van der Waals surface area contributed by atoms with Gasteiger partial charge in [0.05, 0.1) is 6.61 Å². The molecule has 1 fully saturated rings. The third kappa shape index (κ3) is 7.09. The highest BCUT2D eigenvalue weighted by molar-refractivity contribution is 5.89. The lowest BCUT2D eigenvalue weighted by molar-refractivity contribution is -0.274. The number of carbonyl (C=O) groups is 1.